The number of nitrogens with one attached hydrogen (secondary N) is 1. The number of ether oxygens (including phenoxy) is 2. The number of hydrogen-bond acceptors (Lipinski definition) is 4. The van der Waals surface area contributed by atoms with E-state index >= 15 is 0 Å². The van der Waals surface area contributed by atoms with Gasteiger partial charge in [0.05, 0.1) is 26.9 Å². The molecule has 0 aromatic heterocycles. The van der Waals surface area contributed by atoms with Crippen molar-refractivity contribution in [1.29, 1.82) is 0 Å². The molecule has 144 valence electrons. The number of rotatable bonds is 6. The number of amides is 1. The van der Waals surface area contributed by atoms with Crippen LogP contribution in [0, 0.1) is 0 Å². The maximum atomic E-state index is 12.7. The molecule has 1 fully saturated rings. The average molecular weight is 368 g/mol. The molecule has 2 atom stereocenters. The Morgan fingerprint density at radius 2 is 2.31 bits per heavy atom. The number of carbonyl (C=O) groups excluding carboxylic acids is 1. The van der Waals surface area contributed by atoms with Gasteiger partial charge in [-0.1, -0.05) is 6.07 Å². The van der Waals surface area contributed by atoms with Crippen LogP contribution in [0.4, 0.5) is 8.78 Å². The Balaban J connectivity index is 1.61. The zero-order chi connectivity index (χ0) is 18.5. The number of halogens is 2. The van der Waals surface area contributed by atoms with Gasteiger partial charge in [0.1, 0.15) is 11.8 Å². The third-order valence-electron chi connectivity index (χ3n) is 5.23. The highest BCUT2D eigenvalue weighted by Crippen LogP contribution is 2.33. The fourth-order valence-corrected chi connectivity index (χ4v) is 3.85. The number of fused-ring (bicyclic) bond motifs is 1. The molecule has 1 aliphatic heterocycles. The number of nitrogens with zero attached hydrogens (tertiary/aromatic N) is 1. The van der Waals surface area contributed by atoms with E-state index in [4.69, 9.17) is 9.47 Å². The Morgan fingerprint density at radius 3 is 3.08 bits per heavy atom. The van der Waals surface area contributed by atoms with Crippen LogP contribution in [0.5, 0.6) is 5.75 Å². The highest BCUT2D eigenvalue weighted by molar-refractivity contribution is 5.82. The maximum Gasteiger partial charge on any atom is 0.251 e. The summed E-state index contributed by atoms with van der Waals surface area (Å²) in [5, 5.41) is 2.96. The van der Waals surface area contributed by atoms with E-state index in [-0.39, 0.29) is 18.4 Å². The van der Waals surface area contributed by atoms with Crippen LogP contribution in [0.15, 0.2) is 18.2 Å². The molecule has 1 amide bonds. The Labute approximate surface area is 152 Å². The van der Waals surface area contributed by atoms with E-state index in [1.165, 1.54) is 16.0 Å². The molecule has 1 heterocycles. The summed E-state index contributed by atoms with van der Waals surface area (Å²) in [6, 6.07) is 5.43. The number of morpholine rings is 1. The molecule has 0 bridgehead atoms. The third kappa shape index (κ3) is 4.51. The zero-order valence-corrected chi connectivity index (χ0v) is 15.0. The SMILES string of the molecule is COc1ccc2c(c1)CCCC2CNC(=O)C1COCCN1CC(F)F. The minimum absolute atomic E-state index is 0.164. The first-order valence-corrected chi connectivity index (χ1v) is 9.13. The number of benzene rings is 1. The van der Waals surface area contributed by atoms with Gasteiger partial charge in [-0.25, -0.2) is 8.78 Å². The molecule has 5 nitrogen and oxygen atoms in total. The summed E-state index contributed by atoms with van der Waals surface area (Å²) in [7, 11) is 1.65. The van der Waals surface area contributed by atoms with Crippen LogP contribution in [0.3, 0.4) is 0 Å². The van der Waals surface area contributed by atoms with Crippen LogP contribution < -0.4 is 10.1 Å². The van der Waals surface area contributed by atoms with Crippen molar-refractivity contribution in [3.8, 4) is 5.75 Å². The molecule has 26 heavy (non-hydrogen) atoms. The number of aryl methyl sites for hydroxylation is 1. The molecule has 1 aromatic rings. The lowest BCUT2D eigenvalue weighted by Gasteiger charge is -2.34. The van der Waals surface area contributed by atoms with E-state index in [1.807, 2.05) is 6.07 Å². The molecular formula is C19H26F2N2O3. The monoisotopic (exact) mass is 368 g/mol. The van der Waals surface area contributed by atoms with Gasteiger partial charge in [0.25, 0.3) is 6.43 Å². The zero-order valence-electron chi connectivity index (χ0n) is 15.0. The smallest absolute Gasteiger partial charge is 0.251 e. The van der Waals surface area contributed by atoms with Crippen molar-refractivity contribution in [1.82, 2.24) is 10.2 Å². The maximum absolute atomic E-state index is 12.7. The van der Waals surface area contributed by atoms with Crippen LogP contribution in [0.1, 0.15) is 29.9 Å². The van der Waals surface area contributed by atoms with Gasteiger partial charge in [-0.05, 0) is 42.5 Å². The lowest BCUT2D eigenvalue weighted by atomic mass is 9.82. The number of methoxy groups -OCH3 is 1. The van der Waals surface area contributed by atoms with E-state index < -0.39 is 19.0 Å². The Hall–Kier alpha value is -1.73. The molecular weight excluding hydrogens is 342 g/mol. The molecule has 1 saturated heterocycles. The van der Waals surface area contributed by atoms with Crippen LogP contribution in [-0.2, 0) is 16.0 Å². The first kappa shape index (κ1) is 19.0. The van der Waals surface area contributed by atoms with E-state index in [0.29, 0.717) is 19.7 Å². The first-order valence-electron chi connectivity index (χ1n) is 9.13. The van der Waals surface area contributed by atoms with Crippen LogP contribution in [0.25, 0.3) is 0 Å². The van der Waals surface area contributed by atoms with Gasteiger partial charge in [-0.2, -0.15) is 0 Å². The summed E-state index contributed by atoms with van der Waals surface area (Å²) < 4.78 is 36.1. The number of hydrogen-bond donors (Lipinski definition) is 1. The fourth-order valence-electron chi connectivity index (χ4n) is 3.85. The quantitative estimate of drug-likeness (QED) is 0.836. The van der Waals surface area contributed by atoms with Gasteiger partial charge in [-0.3, -0.25) is 9.69 Å². The minimum Gasteiger partial charge on any atom is -0.497 e. The van der Waals surface area contributed by atoms with Crippen molar-refractivity contribution in [2.75, 3.05) is 40.0 Å². The Kier molecular flexibility index (Phi) is 6.43. The lowest BCUT2D eigenvalue weighted by molar-refractivity contribution is -0.134. The van der Waals surface area contributed by atoms with Crippen molar-refractivity contribution >= 4 is 5.91 Å². The Morgan fingerprint density at radius 1 is 1.46 bits per heavy atom. The van der Waals surface area contributed by atoms with E-state index in [0.717, 1.165) is 25.0 Å². The van der Waals surface area contributed by atoms with E-state index in [9.17, 15) is 13.6 Å². The van der Waals surface area contributed by atoms with Gasteiger partial charge >= 0.3 is 0 Å². The second kappa shape index (κ2) is 8.77. The molecule has 0 radical (unpaired) electrons. The summed E-state index contributed by atoms with van der Waals surface area (Å²) in [6.07, 6.45) is 0.616. The van der Waals surface area contributed by atoms with Crippen molar-refractivity contribution in [3.05, 3.63) is 29.3 Å². The van der Waals surface area contributed by atoms with Gasteiger partial charge in [-0.15, -0.1) is 0 Å². The van der Waals surface area contributed by atoms with Crippen molar-refractivity contribution in [2.45, 2.75) is 37.6 Å². The molecule has 2 unspecified atom stereocenters. The molecule has 3 rings (SSSR count). The summed E-state index contributed by atoms with van der Waals surface area (Å²) in [4.78, 5) is 14.1. The molecule has 1 N–H and O–H groups in total. The number of carbonyl (C=O) groups is 1. The topological polar surface area (TPSA) is 50.8 Å². The highest BCUT2D eigenvalue weighted by Gasteiger charge is 2.31. The van der Waals surface area contributed by atoms with Crippen LogP contribution in [0.2, 0.25) is 0 Å². The third-order valence-corrected chi connectivity index (χ3v) is 5.23. The summed E-state index contributed by atoms with van der Waals surface area (Å²) in [6.45, 7) is 1.02. The van der Waals surface area contributed by atoms with Gasteiger partial charge in [0.15, 0.2) is 0 Å². The van der Waals surface area contributed by atoms with E-state index in [2.05, 4.69) is 17.4 Å². The largest absolute Gasteiger partial charge is 0.497 e. The number of alkyl halides is 2. The molecule has 1 aromatic carbocycles. The van der Waals surface area contributed by atoms with Gasteiger partial charge < -0.3 is 14.8 Å². The van der Waals surface area contributed by atoms with Crippen molar-refractivity contribution < 1.29 is 23.0 Å². The molecule has 0 spiro atoms. The summed E-state index contributed by atoms with van der Waals surface area (Å²) >= 11 is 0. The summed E-state index contributed by atoms with van der Waals surface area (Å²) in [5.74, 6) is 0.850. The molecule has 7 heteroatoms. The second-order valence-electron chi connectivity index (χ2n) is 6.88. The molecule has 1 aliphatic carbocycles. The first-order chi connectivity index (χ1) is 12.6. The fraction of sp³-hybridized carbons (Fsp3) is 0.632. The minimum atomic E-state index is -2.45. The summed E-state index contributed by atoms with van der Waals surface area (Å²) in [5.41, 5.74) is 2.50. The normalized spacial score (nSPS) is 23.5. The molecule has 2 aliphatic rings. The van der Waals surface area contributed by atoms with Gasteiger partial charge in [0.2, 0.25) is 5.91 Å². The van der Waals surface area contributed by atoms with Crippen LogP contribution >= 0.6 is 0 Å². The van der Waals surface area contributed by atoms with Crippen molar-refractivity contribution in [2.24, 2.45) is 0 Å². The van der Waals surface area contributed by atoms with E-state index in [1.54, 1.807) is 7.11 Å². The Bertz CT molecular complexity index is 627. The standard InChI is InChI=1S/C19H26F2N2O3/c1-25-15-5-6-16-13(9-15)3-2-4-14(16)10-22-19(24)17-12-26-8-7-23(17)11-18(20)21/h5-6,9,14,17-18H,2-4,7-8,10-12H2,1H3,(H,22,24). The molecule has 0 saturated carbocycles. The predicted octanol–water partition coefficient (Wildman–Crippen LogP) is 2.20. The van der Waals surface area contributed by atoms with Gasteiger partial charge in [0, 0.05) is 19.0 Å². The average Bonchev–Trinajstić information content (AvgIpc) is 2.65. The van der Waals surface area contributed by atoms with Crippen LogP contribution in [-0.4, -0.2) is 63.2 Å². The highest BCUT2D eigenvalue weighted by atomic mass is 19.3. The van der Waals surface area contributed by atoms with Crippen molar-refractivity contribution in [3.63, 3.8) is 0 Å². The second-order valence-corrected chi connectivity index (χ2v) is 6.88. The lowest BCUT2D eigenvalue weighted by Crippen LogP contribution is -2.55. The predicted molar refractivity (Wildman–Crippen MR) is 93.9 cm³/mol.